The van der Waals surface area contributed by atoms with Crippen LogP contribution in [0.3, 0.4) is 0 Å². The van der Waals surface area contributed by atoms with Crippen molar-refractivity contribution in [2.24, 2.45) is 0 Å². The monoisotopic (exact) mass is 189 g/mol. The maximum absolute atomic E-state index is 11.6. The first-order valence-corrected chi connectivity index (χ1v) is 4.43. The predicted octanol–water partition coefficient (Wildman–Crippen LogP) is 1.24. The van der Waals surface area contributed by atoms with E-state index in [9.17, 15) is 4.79 Å². The molecular weight excluding hydrogens is 178 g/mol. The van der Waals surface area contributed by atoms with Crippen molar-refractivity contribution in [2.75, 3.05) is 0 Å². The normalized spacial score (nSPS) is 10.8. The highest BCUT2D eigenvalue weighted by atomic mass is 16.1. The minimum absolute atomic E-state index is 0.0197. The molecule has 0 aliphatic rings. The van der Waals surface area contributed by atoms with Crippen molar-refractivity contribution < 1.29 is 0 Å². The maximum Gasteiger partial charge on any atom is 0.193 e. The lowest BCUT2D eigenvalue weighted by molar-refractivity contribution is 1.02. The Morgan fingerprint density at radius 1 is 1.21 bits per heavy atom. The van der Waals surface area contributed by atoms with Crippen molar-refractivity contribution >= 4 is 11.0 Å². The molecule has 0 saturated carbocycles. The number of aromatic nitrogens is 3. The van der Waals surface area contributed by atoms with Crippen LogP contribution in [-0.2, 0) is 0 Å². The van der Waals surface area contributed by atoms with Crippen molar-refractivity contribution in [2.45, 2.75) is 20.8 Å². The molecular formula is C10H11N3O. The van der Waals surface area contributed by atoms with Crippen molar-refractivity contribution in [3.8, 4) is 0 Å². The summed E-state index contributed by atoms with van der Waals surface area (Å²) in [6.07, 6.45) is 0. The van der Waals surface area contributed by atoms with E-state index >= 15 is 0 Å². The van der Waals surface area contributed by atoms with Crippen molar-refractivity contribution in [3.63, 3.8) is 0 Å². The molecule has 14 heavy (non-hydrogen) atoms. The molecule has 0 fully saturated rings. The molecule has 0 radical (unpaired) electrons. The van der Waals surface area contributed by atoms with Gasteiger partial charge in [0.05, 0.1) is 11.1 Å². The van der Waals surface area contributed by atoms with Gasteiger partial charge in [-0.3, -0.25) is 4.79 Å². The third kappa shape index (κ3) is 1.28. The van der Waals surface area contributed by atoms with Crippen molar-refractivity contribution in [1.82, 2.24) is 15.0 Å². The average Bonchev–Trinajstić information content (AvgIpc) is 1.99. The predicted molar refractivity (Wildman–Crippen MR) is 54.4 cm³/mol. The Morgan fingerprint density at radius 3 is 2.64 bits per heavy atom. The summed E-state index contributed by atoms with van der Waals surface area (Å²) < 4.78 is 0. The van der Waals surface area contributed by atoms with Crippen LogP contribution in [0.15, 0.2) is 10.9 Å². The molecule has 4 nitrogen and oxygen atoms in total. The van der Waals surface area contributed by atoms with Crippen LogP contribution in [0.25, 0.3) is 11.0 Å². The van der Waals surface area contributed by atoms with E-state index in [0.29, 0.717) is 16.9 Å². The van der Waals surface area contributed by atoms with Crippen LogP contribution >= 0.6 is 0 Å². The molecule has 2 aromatic heterocycles. The molecule has 0 saturated heterocycles. The molecule has 0 aliphatic heterocycles. The number of hydrogen-bond acceptors (Lipinski definition) is 3. The Bertz CT molecular complexity index is 552. The number of H-pyrrole nitrogens is 1. The quantitative estimate of drug-likeness (QED) is 0.678. The van der Waals surface area contributed by atoms with Crippen LogP contribution in [0.2, 0.25) is 0 Å². The van der Waals surface area contributed by atoms with E-state index in [1.807, 2.05) is 20.8 Å². The summed E-state index contributed by atoms with van der Waals surface area (Å²) in [7, 11) is 0. The molecule has 0 atom stereocenters. The van der Waals surface area contributed by atoms with Gasteiger partial charge in [0.2, 0.25) is 0 Å². The summed E-state index contributed by atoms with van der Waals surface area (Å²) in [4.78, 5) is 23.0. The number of nitrogens with one attached hydrogen (secondary N) is 1. The van der Waals surface area contributed by atoms with Crippen molar-refractivity contribution in [1.29, 1.82) is 0 Å². The van der Waals surface area contributed by atoms with Crippen LogP contribution in [0.4, 0.5) is 0 Å². The van der Waals surface area contributed by atoms with Gasteiger partial charge in [-0.25, -0.2) is 9.97 Å². The lowest BCUT2D eigenvalue weighted by Gasteiger charge is -2.02. The second-order valence-electron chi connectivity index (χ2n) is 3.40. The molecule has 0 aromatic carbocycles. The highest BCUT2D eigenvalue weighted by molar-refractivity contribution is 5.76. The number of fused-ring (bicyclic) bond motifs is 1. The highest BCUT2D eigenvalue weighted by Gasteiger charge is 2.06. The summed E-state index contributed by atoms with van der Waals surface area (Å²) in [5.41, 5.74) is 2.16. The molecule has 0 amide bonds. The Labute approximate surface area is 81.0 Å². The number of rotatable bonds is 0. The molecule has 2 aromatic rings. The molecule has 2 rings (SSSR count). The smallest absolute Gasteiger partial charge is 0.193 e. The molecule has 1 N–H and O–H groups in total. The molecule has 0 bridgehead atoms. The Morgan fingerprint density at radius 2 is 1.93 bits per heavy atom. The number of aryl methyl sites for hydroxylation is 3. The SMILES string of the molecule is Cc1nc(C)c2c(=O)cc(C)[nH]c2n1. The topological polar surface area (TPSA) is 58.6 Å². The first-order valence-electron chi connectivity index (χ1n) is 4.43. The second-order valence-corrected chi connectivity index (χ2v) is 3.40. The summed E-state index contributed by atoms with van der Waals surface area (Å²) >= 11 is 0. The fourth-order valence-corrected chi connectivity index (χ4v) is 1.59. The molecule has 4 heteroatoms. The summed E-state index contributed by atoms with van der Waals surface area (Å²) in [5.74, 6) is 0.677. The van der Waals surface area contributed by atoms with Gasteiger partial charge in [-0.2, -0.15) is 0 Å². The zero-order valence-electron chi connectivity index (χ0n) is 8.38. The van der Waals surface area contributed by atoms with Gasteiger partial charge in [0, 0.05) is 11.8 Å². The minimum atomic E-state index is -0.0197. The van der Waals surface area contributed by atoms with Gasteiger partial charge in [0.25, 0.3) is 0 Å². The van der Waals surface area contributed by atoms with E-state index in [0.717, 1.165) is 11.4 Å². The number of nitrogens with zero attached hydrogens (tertiary/aromatic N) is 2. The Balaban J connectivity index is 3.02. The zero-order chi connectivity index (χ0) is 10.3. The minimum Gasteiger partial charge on any atom is -0.343 e. The first kappa shape index (κ1) is 8.87. The number of aromatic amines is 1. The largest absolute Gasteiger partial charge is 0.343 e. The summed E-state index contributed by atoms with van der Waals surface area (Å²) in [6.45, 7) is 5.47. The Hall–Kier alpha value is -1.71. The lowest BCUT2D eigenvalue weighted by atomic mass is 10.2. The highest BCUT2D eigenvalue weighted by Crippen LogP contribution is 2.08. The summed E-state index contributed by atoms with van der Waals surface area (Å²) in [5, 5.41) is 0.584. The van der Waals surface area contributed by atoms with E-state index in [2.05, 4.69) is 15.0 Å². The van der Waals surface area contributed by atoms with Gasteiger partial charge in [-0.05, 0) is 20.8 Å². The van der Waals surface area contributed by atoms with Gasteiger partial charge >= 0.3 is 0 Å². The molecule has 0 spiro atoms. The lowest BCUT2D eigenvalue weighted by Crippen LogP contribution is -2.08. The van der Waals surface area contributed by atoms with Gasteiger partial charge in [-0.15, -0.1) is 0 Å². The summed E-state index contributed by atoms with van der Waals surface area (Å²) in [6, 6.07) is 1.56. The van der Waals surface area contributed by atoms with E-state index in [1.165, 1.54) is 0 Å². The molecule has 2 heterocycles. The first-order chi connectivity index (χ1) is 6.58. The number of hydrogen-bond donors (Lipinski definition) is 1. The molecule has 72 valence electrons. The maximum atomic E-state index is 11.6. The standard InChI is InChI=1S/C10H11N3O/c1-5-4-8(14)9-6(2)12-7(3)13-10(9)11-5/h4H,1-3H3,(H,11,12,13,14). The fourth-order valence-electron chi connectivity index (χ4n) is 1.59. The van der Waals surface area contributed by atoms with Crippen LogP contribution in [0.1, 0.15) is 17.2 Å². The number of pyridine rings is 1. The van der Waals surface area contributed by atoms with E-state index in [4.69, 9.17) is 0 Å². The van der Waals surface area contributed by atoms with Gasteiger partial charge in [-0.1, -0.05) is 0 Å². The second kappa shape index (κ2) is 2.90. The van der Waals surface area contributed by atoms with Gasteiger partial charge < -0.3 is 4.98 Å². The Kier molecular flexibility index (Phi) is 1.84. The third-order valence-electron chi connectivity index (χ3n) is 2.11. The van der Waals surface area contributed by atoms with Gasteiger partial charge in [0.15, 0.2) is 5.43 Å². The van der Waals surface area contributed by atoms with Gasteiger partial charge in [0.1, 0.15) is 11.5 Å². The molecule has 0 unspecified atom stereocenters. The average molecular weight is 189 g/mol. The van der Waals surface area contributed by atoms with Crippen LogP contribution in [0, 0.1) is 20.8 Å². The van der Waals surface area contributed by atoms with Crippen LogP contribution in [-0.4, -0.2) is 15.0 Å². The zero-order valence-corrected chi connectivity index (χ0v) is 8.38. The fraction of sp³-hybridized carbons (Fsp3) is 0.300. The van der Waals surface area contributed by atoms with E-state index in [-0.39, 0.29) is 5.43 Å². The van der Waals surface area contributed by atoms with Crippen LogP contribution in [0.5, 0.6) is 0 Å². The van der Waals surface area contributed by atoms with E-state index in [1.54, 1.807) is 6.07 Å². The third-order valence-corrected chi connectivity index (χ3v) is 2.11. The van der Waals surface area contributed by atoms with E-state index < -0.39 is 0 Å². The van der Waals surface area contributed by atoms with Crippen molar-refractivity contribution in [3.05, 3.63) is 33.5 Å². The van der Waals surface area contributed by atoms with Crippen LogP contribution < -0.4 is 5.43 Å². The molecule has 0 aliphatic carbocycles.